The van der Waals surface area contributed by atoms with Crippen molar-refractivity contribution < 1.29 is 14.4 Å². The highest BCUT2D eigenvalue weighted by atomic mass is 16.2. The molecule has 140 valence electrons. The first kappa shape index (κ1) is 18.2. The van der Waals surface area contributed by atoms with Gasteiger partial charge in [0.1, 0.15) is 0 Å². The number of rotatable bonds is 2. The van der Waals surface area contributed by atoms with Gasteiger partial charge < -0.3 is 15.1 Å². The average Bonchev–Trinajstić information content (AvgIpc) is 3.47. The lowest BCUT2D eigenvalue weighted by Crippen LogP contribution is -2.45. The Kier molecular flexibility index (Phi) is 6.32. The molecule has 6 nitrogen and oxygen atoms in total. The van der Waals surface area contributed by atoms with Crippen molar-refractivity contribution in [1.29, 1.82) is 0 Å². The molecule has 1 aliphatic carbocycles. The van der Waals surface area contributed by atoms with E-state index in [1.54, 1.807) is 0 Å². The maximum atomic E-state index is 12.9. The molecule has 0 atom stereocenters. The number of likely N-dealkylation sites (tertiary alicyclic amines) is 1. The second-order valence-electron chi connectivity index (χ2n) is 7.71. The lowest BCUT2D eigenvalue weighted by Gasteiger charge is -2.34. The Morgan fingerprint density at radius 1 is 0.760 bits per heavy atom. The molecule has 3 rings (SSSR count). The van der Waals surface area contributed by atoms with Crippen LogP contribution in [0.3, 0.4) is 0 Å². The number of piperidine rings is 1. The topological polar surface area (TPSA) is 69.7 Å². The van der Waals surface area contributed by atoms with Crippen LogP contribution in [0.5, 0.6) is 0 Å². The van der Waals surface area contributed by atoms with Crippen molar-refractivity contribution in [2.45, 2.75) is 57.8 Å². The minimum Gasteiger partial charge on any atom is -0.356 e. The van der Waals surface area contributed by atoms with Gasteiger partial charge in [-0.1, -0.05) is 12.8 Å². The van der Waals surface area contributed by atoms with Crippen molar-refractivity contribution >= 4 is 17.7 Å². The molecule has 1 N–H and O–H groups in total. The van der Waals surface area contributed by atoms with Gasteiger partial charge in [-0.3, -0.25) is 14.4 Å². The predicted molar refractivity (Wildman–Crippen MR) is 94.7 cm³/mol. The molecule has 0 unspecified atom stereocenters. The van der Waals surface area contributed by atoms with Crippen LogP contribution in [0, 0.1) is 11.8 Å². The smallest absolute Gasteiger partial charge is 0.225 e. The Balaban J connectivity index is 1.51. The van der Waals surface area contributed by atoms with Crippen LogP contribution < -0.4 is 5.32 Å². The second-order valence-corrected chi connectivity index (χ2v) is 7.71. The van der Waals surface area contributed by atoms with Crippen LogP contribution in [-0.2, 0) is 14.4 Å². The average molecular weight is 349 g/mol. The number of hydrogen-bond acceptors (Lipinski definition) is 3. The van der Waals surface area contributed by atoms with E-state index in [9.17, 15) is 14.4 Å². The molecule has 0 aromatic heterocycles. The third-order valence-electron chi connectivity index (χ3n) is 5.68. The van der Waals surface area contributed by atoms with E-state index in [4.69, 9.17) is 0 Å². The van der Waals surface area contributed by atoms with Gasteiger partial charge in [0.05, 0.1) is 0 Å². The van der Waals surface area contributed by atoms with Crippen LogP contribution >= 0.6 is 0 Å². The van der Waals surface area contributed by atoms with Crippen LogP contribution in [-0.4, -0.2) is 60.2 Å². The fourth-order valence-electron chi connectivity index (χ4n) is 3.86. The molecular formula is C19H31N3O3. The van der Waals surface area contributed by atoms with Crippen molar-refractivity contribution in [3.8, 4) is 0 Å². The molecule has 2 saturated heterocycles. The first-order chi connectivity index (χ1) is 12.1. The number of nitrogens with zero attached hydrogens (tertiary/aromatic N) is 2. The predicted octanol–water partition coefficient (Wildman–Crippen LogP) is 1.54. The van der Waals surface area contributed by atoms with Crippen LogP contribution in [0.15, 0.2) is 0 Å². The largest absolute Gasteiger partial charge is 0.356 e. The van der Waals surface area contributed by atoms with Crippen LogP contribution in [0.2, 0.25) is 0 Å². The third kappa shape index (κ3) is 5.19. The zero-order valence-corrected chi connectivity index (χ0v) is 15.2. The van der Waals surface area contributed by atoms with Crippen LogP contribution in [0.25, 0.3) is 0 Å². The van der Waals surface area contributed by atoms with Gasteiger partial charge in [-0.05, 0) is 38.5 Å². The summed E-state index contributed by atoms with van der Waals surface area (Å²) in [6.07, 6.45) is 8.23. The summed E-state index contributed by atoms with van der Waals surface area (Å²) in [6.45, 7) is 3.44. The summed E-state index contributed by atoms with van der Waals surface area (Å²) in [6, 6.07) is 0. The molecule has 2 aliphatic heterocycles. The van der Waals surface area contributed by atoms with Gasteiger partial charge in [-0.15, -0.1) is 0 Å². The van der Waals surface area contributed by atoms with E-state index < -0.39 is 0 Å². The van der Waals surface area contributed by atoms with Gasteiger partial charge >= 0.3 is 0 Å². The van der Waals surface area contributed by atoms with Crippen molar-refractivity contribution in [2.75, 3.05) is 32.7 Å². The lowest BCUT2D eigenvalue weighted by atomic mass is 9.94. The molecule has 25 heavy (non-hydrogen) atoms. The van der Waals surface area contributed by atoms with E-state index in [0.29, 0.717) is 26.1 Å². The van der Waals surface area contributed by atoms with Gasteiger partial charge in [0.2, 0.25) is 17.7 Å². The summed E-state index contributed by atoms with van der Waals surface area (Å²) in [5.41, 5.74) is 0. The summed E-state index contributed by atoms with van der Waals surface area (Å²) in [5.74, 6) is 0.793. The van der Waals surface area contributed by atoms with Crippen LogP contribution in [0.1, 0.15) is 57.8 Å². The highest BCUT2D eigenvalue weighted by molar-refractivity contribution is 5.83. The molecule has 0 radical (unpaired) electrons. The minimum absolute atomic E-state index is 0.0106. The maximum Gasteiger partial charge on any atom is 0.225 e. The van der Waals surface area contributed by atoms with Gasteiger partial charge in [0, 0.05) is 51.0 Å². The van der Waals surface area contributed by atoms with Crippen molar-refractivity contribution in [1.82, 2.24) is 15.1 Å². The first-order valence-electron chi connectivity index (χ1n) is 9.99. The molecule has 1 saturated carbocycles. The monoisotopic (exact) mass is 349 g/mol. The van der Waals surface area contributed by atoms with E-state index in [0.717, 1.165) is 64.5 Å². The SMILES string of the molecule is O=C1CCN(C(=O)C2CCN(C(=O)C3CC3)CC2)CCCCCCN1. The Hall–Kier alpha value is -1.59. The summed E-state index contributed by atoms with van der Waals surface area (Å²) < 4.78 is 0. The van der Waals surface area contributed by atoms with Crippen molar-refractivity contribution in [3.05, 3.63) is 0 Å². The maximum absolute atomic E-state index is 12.9. The fourth-order valence-corrected chi connectivity index (χ4v) is 3.86. The van der Waals surface area contributed by atoms with Gasteiger partial charge in [0.25, 0.3) is 0 Å². The molecule has 0 spiro atoms. The normalized spacial score (nSPS) is 24.4. The summed E-state index contributed by atoms with van der Waals surface area (Å²) in [4.78, 5) is 40.8. The zero-order valence-electron chi connectivity index (χ0n) is 15.2. The highest BCUT2D eigenvalue weighted by Gasteiger charge is 2.36. The van der Waals surface area contributed by atoms with Gasteiger partial charge in [-0.2, -0.15) is 0 Å². The minimum atomic E-state index is 0.0106. The number of carbonyl (C=O) groups is 3. The molecule has 0 aromatic carbocycles. The Labute approximate surface area is 150 Å². The highest BCUT2D eigenvalue weighted by Crippen LogP contribution is 2.32. The fraction of sp³-hybridized carbons (Fsp3) is 0.842. The van der Waals surface area contributed by atoms with E-state index >= 15 is 0 Å². The van der Waals surface area contributed by atoms with E-state index in [1.165, 1.54) is 0 Å². The van der Waals surface area contributed by atoms with Gasteiger partial charge in [-0.25, -0.2) is 0 Å². The first-order valence-corrected chi connectivity index (χ1v) is 9.99. The molecule has 3 amide bonds. The lowest BCUT2D eigenvalue weighted by molar-refractivity contribution is -0.141. The summed E-state index contributed by atoms with van der Waals surface area (Å²) in [5, 5.41) is 2.93. The van der Waals surface area contributed by atoms with Gasteiger partial charge in [0.15, 0.2) is 0 Å². The zero-order chi connectivity index (χ0) is 17.6. The van der Waals surface area contributed by atoms with E-state index in [2.05, 4.69) is 5.32 Å². The number of amides is 3. The quantitative estimate of drug-likeness (QED) is 0.822. The molecule has 2 heterocycles. The van der Waals surface area contributed by atoms with Crippen molar-refractivity contribution in [2.24, 2.45) is 11.8 Å². The Morgan fingerprint density at radius 3 is 2.04 bits per heavy atom. The van der Waals surface area contributed by atoms with E-state index in [1.807, 2.05) is 9.80 Å². The number of hydrogen-bond donors (Lipinski definition) is 1. The molecule has 0 aromatic rings. The summed E-state index contributed by atoms with van der Waals surface area (Å²) in [7, 11) is 0. The third-order valence-corrected chi connectivity index (χ3v) is 5.68. The Bertz CT molecular complexity index is 496. The molecule has 0 bridgehead atoms. The molecular weight excluding hydrogens is 318 g/mol. The van der Waals surface area contributed by atoms with Crippen LogP contribution in [0.4, 0.5) is 0 Å². The molecule has 6 heteroatoms. The van der Waals surface area contributed by atoms with Crippen molar-refractivity contribution in [3.63, 3.8) is 0 Å². The Morgan fingerprint density at radius 2 is 1.36 bits per heavy atom. The molecule has 3 aliphatic rings. The number of nitrogens with one attached hydrogen (secondary N) is 1. The molecule has 3 fully saturated rings. The second kappa shape index (κ2) is 8.68. The summed E-state index contributed by atoms with van der Waals surface area (Å²) >= 11 is 0. The standard InChI is InChI=1S/C19H31N3O3/c23-17-9-14-21(11-4-2-1-3-10-20-17)19(25)16-7-12-22(13-8-16)18(24)15-5-6-15/h15-16H,1-14H2,(H,20,23). The number of carbonyl (C=O) groups excluding carboxylic acids is 3. The van der Waals surface area contributed by atoms with E-state index in [-0.39, 0.29) is 29.6 Å².